The van der Waals surface area contributed by atoms with Gasteiger partial charge >= 0.3 is 0 Å². The normalized spacial score (nSPS) is 14.3. The molecule has 6 heteroatoms. The molecule has 0 aromatic heterocycles. The Morgan fingerprint density at radius 2 is 1.74 bits per heavy atom. The number of amides is 1. The first kappa shape index (κ1) is 16.2. The molecule has 0 spiro atoms. The molecule has 1 aliphatic heterocycles. The average Bonchev–Trinajstić information content (AvgIpc) is 2.59. The van der Waals surface area contributed by atoms with Gasteiger partial charge in [-0.15, -0.1) is 11.8 Å². The van der Waals surface area contributed by atoms with Crippen LogP contribution in [0.15, 0.2) is 54.3 Å². The van der Waals surface area contributed by atoms with Crippen LogP contribution < -0.4 is 5.32 Å². The number of thioether (sulfide) groups is 1. The van der Waals surface area contributed by atoms with Gasteiger partial charge in [-0.1, -0.05) is 59.6 Å². The van der Waals surface area contributed by atoms with Gasteiger partial charge in [0.15, 0.2) is 5.76 Å². The fourth-order valence-corrected chi connectivity index (χ4v) is 3.63. The van der Waals surface area contributed by atoms with Gasteiger partial charge in [0.05, 0.1) is 27.2 Å². The maximum absolute atomic E-state index is 12.6. The van der Waals surface area contributed by atoms with Crippen molar-refractivity contribution in [3.8, 4) is 0 Å². The molecule has 1 aliphatic rings. The summed E-state index contributed by atoms with van der Waals surface area (Å²) >= 11 is 13.8. The van der Waals surface area contributed by atoms with Gasteiger partial charge in [0.2, 0.25) is 0 Å². The summed E-state index contributed by atoms with van der Waals surface area (Å²) in [5, 5.41) is 3.52. The van der Waals surface area contributed by atoms with E-state index >= 15 is 0 Å². The quantitative estimate of drug-likeness (QED) is 0.825. The van der Waals surface area contributed by atoms with Crippen molar-refractivity contribution in [2.45, 2.75) is 0 Å². The number of ether oxygens (including phenoxy) is 1. The summed E-state index contributed by atoms with van der Waals surface area (Å²) in [6.45, 7) is 0.486. The summed E-state index contributed by atoms with van der Waals surface area (Å²) in [4.78, 5) is 13.4. The van der Waals surface area contributed by atoms with Crippen molar-refractivity contribution in [2.24, 2.45) is 0 Å². The van der Waals surface area contributed by atoms with Crippen molar-refractivity contribution in [1.29, 1.82) is 0 Å². The van der Waals surface area contributed by atoms with Gasteiger partial charge < -0.3 is 10.1 Å². The Morgan fingerprint density at radius 3 is 2.43 bits per heavy atom. The van der Waals surface area contributed by atoms with Gasteiger partial charge in [-0.2, -0.15) is 0 Å². The number of hydrogen-bond donors (Lipinski definition) is 1. The maximum atomic E-state index is 12.6. The molecule has 0 saturated heterocycles. The van der Waals surface area contributed by atoms with E-state index in [-0.39, 0.29) is 5.91 Å². The van der Waals surface area contributed by atoms with E-state index in [4.69, 9.17) is 27.9 Å². The number of halogens is 2. The Morgan fingerprint density at radius 1 is 1.04 bits per heavy atom. The van der Waals surface area contributed by atoms with Crippen molar-refractivity contribution in [3.05, 3.63) is 69.9 Å². The van der Waals surface area contributed by atoms with Crippen LogP contribution in [0.25, 0.3) is 4.91 Å². The Kier molecular flexibility index (Phi) is 5.16. The highest BCUT2D eigenvalue weighted by Gasteiger charge is 2.24. The Bertz CT molecular complexity index is 742. The first-order chi connectivity index (χ1) is 11.2. The Hall–Kier alpha value is -1.62. The zero-order chi connectivity index (χ0) is 16.2. The molecule has 1 heterocycles. The van der Waals surface area contributed by atoms with Crippen LogP contribution in [-0.4, -0.2) is 18.3 Å². The summed E-state index contributed by atoms with van der Waals surface area (Å²) in [6, 6.07) is 14.8. The van der Waals surface area contributed by atoms with Gasteiger partial charge in [-0.25, -0.2) is 0 Å². The number of carbonyl (C=O) groups is 1. The van der Waals surface area contributed by atoms with Crippen molar-refractivity contribution in [2.75, 3.05) is 17.7 Å². The molecule has 0 radical (unpaired) electrons. The van der Waals surface area contributed by atoms with E-state index in [0.29, 0.717) is 28.1 Å². The number of hydrogen-bond acceptors (Lipinski definition) is 3. The lowest BCUT2D eigenvalue weighted by Crippen LogP contribution is -2.21. The fourth-order valence-electron chi connectivity index (χ4n) is 2.18. The zero-order valence-electron chi connectivity index (χ0n) is 12.0. The van der Waals surface area contributed by atoms with Crippen molar-refractivity contribution in [1.82, 2.24) is 0 Å². The summed E-state index contributed by atoms with van der Waals surface area (Å²) < 4.78 is 5.62. The topological polar surface area (TPSA) is 38.3 Å². The first-order valence-electron chi connectivity index (χ1n) is 6.97. The number of nitrogens with one attached hydrogen (secondary N) is 1. The van der Waals surface area contributed by atoms with Crippen LogP contribution >= 0.6 is 35.0 Å². The second kappa shape index (κ2) is 7.30. The molecule has 0 saturated carbocycles. The highest BCUT2D eigenvalue weighted by Crippen LogP contribution is 2.36. The van der Waals surface area contributed by atoms with E-state index in [2.05, 4.69) is 5.32 Å². The molecule has 1 amide bonds. The van der Waals surface area contributed by atoms with Gasteiger partial charge in [-0.3, -0.25) is 4.79 Å². The molecule has 118 valence electrons. The predicted molar refractivity (Wildman–Crippen MR) is 96.9 cm³/mol. The minimum Gasteiger partial charge on any atom is -0.486 e. The van der Waals surface area contributed by atoms with Crippen LogP contribution in [0.2, 0.25) is 10.0 Å². The monoisotopic (exact) mass is 365 g/mol. The fraction of sp³-hybridized carbons (Fsp3) is 0.118. The van der Waals surface area contributed by atoms with E-state index in [1.165, 1.54) is 0 Å². The van der Waals surface area contributed by atoms with Crippen LogP contribution in [0.1, 0.15) is 5.56 Å². The highest BCUT2D eigenvalue weighted by atomic mass is 35.5. The summed E-state index contributed by atoms with van der Waals surface area (Å²) in [5.74, 6) is 0.739. The summed E-state index contributed by atoms with van der Waals surface area (Å²) in [5.41, 5.74) is 1.34. The third-order valence-corrected chi connectivity index (χ3v) is 4.94. The molecule has 0 unspecified atom stereocenters. The standard InChI is InChI=1S/C17H13Cl2NO2S/c18-12-7-4-8-13(19)14(12)20-17(21)15-16(23-10-9-22-15)11-5-2-1-3-6-11/h1-8H,9-10H2,(H,20,21). The van der Waals surface area contributed by atoms with Crippen LogP contribution in [0, 0.1) is 0 Å². The summed E-state index contributed by atoms with van der Waals surface area (Å²) in [7, 11) is 0. The molecule has 1 N–H and O–H groups in total. The van der Waals surface area contributed by atoms with Gasteiger partial charge in [0.25, 0.3) is 5.91 Å². The van der Waals surface area contributed by atoms with Crippen LogP contribution in [0.5, 0.6) is 0 Å². The van der Waals surface area contributed by atoms with Crippen molar-refractivity contribution < 1.29 is 9.53 Å². The van der Waals surface area contributed by atoms with E-state index in [9.17, 15) is 4.79 Å². The lowest BCUT2D eigenvalue weighted by Gasteiger charge is -2.21. The summed E-state index contributed by atoms with van der Waals surface area (Å²) in [6.07, 6.45) is 0. The number of benzene rings is 2. The predicted octanol–water partition coefficient (Wildman–Crippen LogP) is 5.06. The molecule has 2 aromatic carbocycles. The maximum Gasteiger partial charge on any atom is 0.292 e. The number of carbonyl (C=O) groups excluding carboxylic acids is 1. The second-order valence-corrected chi connectivity index (χ2v) is 6.69. The molecular weight excluding hydrogens is 353 g/mol. The largest absolute Gasteiger partial charge is 0.486 e. The lowest BCUT2D eigenvalue weighted by molar-refractivity contribution is -0.115. The number of para-hydroxylation sites is 1. The van der Waals surface area contributed by atoms with E-state index in [1.54, 1.807) is 30.0 Å². The third-order valence-electron chi connectivity index (χ3n) is 3.23. The smallest absolute Gasteiger partial charge is 0.292 e. The molecule has 2 aromatic rings. The number of rotatable bonds is 3. The first-order valence-corrected chi connectivity index (χ1v) is 8.71. The van der Waals surface area contributed by atoms with Gasteiger partial charge in [-0.05, 0) is 17.7 Å². The van der Waals surface area contributed by atoms with Crippen LogP contribution in [-0.2, 0) is 9.53 Å². The zero-order valence-corrected chi connectivity index (χ0v) is 14.3. The van der Waals surface area contributed by atoms with Crippen molar-refractivity contribution in [3.63, 3.8) is 0 Å². The SMILES string of the molecule is O=C(Nc1c(Cl)cccc1Cl)C1=C(c2ccccc2)SCCO1. The lowest BCUT2D eigenvalue weighted by atomic mass is 10.2. The molecule has 3 rings (SSSR count). The van der Waals surface area contributed by atoms with Gasteiger partial charge in [0.1, 0.15) is 0 Å². The van der Waals surface area contributed by atoms with Crippen molar-refractivity contribution >= 4 is 51.5 Å². The van der Waals surface area contributed by atoms with E-state index in [0.717, 1.165) is 16.2 Å². The molecule has 3 nitrogen and oxygen atoms in total. The second-order valence-electron chi connectivity index (χ2n) is 4.77. The van der Waals surface area contributed by atoms with E-state index in [1.807, 2.05) is 30.3 Å². The van der Waals surface area contributed by atoms with Crippen LogP contribution in [0.3, 0.4) is 0 Å². The van der Waals surface area contributed by atoms with E-state index < -0.39 is 0 Å². The molecule has 0 fully saturated rings. The number of anilines is 1. The van der Waals surface area contributed by atoms with Gasteiger partial charge in [0, 0.05) is 5.75 Å². The van der Waals surface area contributed by atoms with Crippen LogP contribution in [0.4, 0.5) is 5.69 Å². The Balaban J connectivity index is 1.94. The molecule has 0 aliphatic carbocycles. The average molecular weight is 366 g/mol. The highest BCUT2D eigenvalue weighted by molar-refractivity contribution is 8.08. The minimum absolute atomic E-state index is 0.295. The molecule has 0 atom stereocenters. The third kappa shape index (κ3) is 3.66. The Labute approximate surface area is 148 Å². The molecule has 23 heavy (non-hydrogen) atoms. The minimum atomic E-state index is -0.356. The molecule has 0 bridgehead atoms. The molecular formula is C17H13Cl2NO2S.